The third kappa shape index (κ3) is 15.2. The highest BCUT2D eigenvalue weighted by Crippen LogP contribution is 2.29. The smallest absolute Gasteiger partial charge is 0.248 e. The zero-order valence-corrected chi connectivity index (χ0v) is 15.7. The largest absolute Gasteiger partial charge is 0.295 e. The molecule has 0 aliphatic heterocycles. The van der Waals surface area contributed by atoms with Crippen LogP contribution < -0.4 is 0 Å². The van der Waals surface area contributed by atoms with E-state index in [-0.39, 0.29) is 5.78 Å². The van der Waals surface area contributed by atoms with Crippen molar-refractivity contribution in [3.63, 3.8) is 0 Å². The summed E-state index contributed by atoms with van der Waals surface area (Å²) in [6.07, 6.45) is 17.1. The molecule has 0 rings (SSSR count). The van der Waals surface area contributed by atoms with Gasteiger partial charge in [0.25, 0.3) is 0 Å². The molecule has 1 nitrogen and oxygen atoms in total. The van der Waals surface area contributed by atoms with Crippen LogP contribution in [0.4, 0.5) is 0 Å². The summed E-state index contributed by atoms with van der Waals surface area (Å²) in [6.45, 7) is 2.26. The Morgan fingerprint density at radius 2 is 1.00 bits per heavy atom. The number of rotatable bonds is 14. The quantitative estimate of drug-likeness (QED) is 0.234. The first-order valence-electron chi connectivity index (χ1n) is 8.58. The summed E-state index contributed by atoms with van der Waals surface area (Å²) in [5, 5.41) is 0. The first-order valence-corrected chi connectivity index (χ1v) is 9.72. The molecule has 0 aromatic heterocycles. The Bertz CT molecular complexity index is 249. The number of alkyl halides is 3. The number of carbonyl (C=O) groups is 1. The van der Waals surface area contributed by atoms with Gasteiger partial charge < -0.3 is 0 Å². The minimum Gasteiger partial charge on any atom is -0.295 e. The van der Waals surface area contributed by atoms with Crippen molar-refractivity contribution in [3.05, 3.63) is 0 Å². The maximum Gasteiger partial charge on any atom is 0.248 e. The molecule has 0 amide bonds. The molecule has 0 aromatic rings. The van der Waals surface area contributed by atoms with Crippen LogP contribution in [0.1, 0.15) is 96.8 Å². The number of carbonyl (C=O) groups excluding carboxylic acids is 1. The lowest BCUT2D eigenvalue weighted by atomic mass is 10.0. The minimum absolute atomic E-state index is 0.282. The molecule has 0 bridgehead atoms. The Hall–Kier alpha value is 0.540. The van der Waals surface area contributed by atoms with Gasteiger partial charge in [0.2, 0.25) is 3.79 Å². The van der Waals surface area contributed by atoms with E-state index in [1.807, 2.05) is 0 Å². The topological polar surface area (TPSA) is 17.1 Å². The molecular weight excluding hydrogens is 327 g/mol. The number of halogens is 3. The molecule has 0 aromatic carbocycles. The van der Waals surface area contributed by atoms with Crippen molar-refractivity contribution in [1.29, 1.82) is 0 Å². The van der Waals surface area contributed by atoms with Gasteiger partial charge >= 0.3 is 0 Å². The van der Waals surface area contributed by atoms with E-state index in [9.17, 15) is 4.79 Å². The molecule has 0 saturated heterocycles. The van der Waals surface area contributed by atoms with Gasteiger partial charge in [-0.25, -0.2) is 0 Å². The number of hydrogen-bond acceptors (Lipinski definition) is 1. The lowest BCUT2D eigenvalue weighted by Gasteiger charge is -2.08. The van der Waals surface area contributed by atoms with Crippen LogP contribution in [0.15, 0.2) is 0 Å². The van der Waals surface area contributed by atoms with Crippen LogP contribution in [0.25, 0.3) is 0 Å². The van der Waals surface area contributed by atoms with Crippen molar-refractivity contribution in [1.82, 2.24) is 0 Å². The van der Waals surface area contributed by atoms with Gasteiger partial charge in [-0.3, -0.25) is 4.79 Å². The monoisotopic (exact) mass is 356 g/mol. The first kappa shape index (κ1) is 21.5. The third-order valence-corrected chi connectivity index (χ3v) is 4.46. The van der Waals surface area contributed by atoms with Crippen LogP contribution in [-0.4, -0.2) is 9.58 Å². The van der Waals surface area contributed by atoms with Crippen LogP contribution >= 0.6 is 34.8 Å². The van der Waals surface area contributed by atoms with Gasteiger partial charge in [0, 0.05) is 6.42 Å². The second kappa shape index (κ2) is 14.2. The highest BCUT2D eigenvalue weighted by Gasteiger charge is 2.29. The number of unbranched alkanes of at least 4 members (excludes halogenated alkanes) is 12. The fraction of sp³-hybridized carbons (Fsp3) is 0.941. The van der Waals surface area contributed by atoms with Crippen molar-refractivity contribution < 1.29 is 4.79 Å². The Morgan fingerprint density at radius 3 is 1.33 bits per heavy atom. The summed E-state index contributed by atoms with van der Waals surface area (Å²) < 4.78 is -1.73. The first-order chi connectivity index (χ1) is 9.98. The number of Topliss-reactive ketones (excluding diaryl/α,β-unsaturated/α-hetero) is 1. The normalized spacial score (nSPS) is 11.8. The Labute approximate surface area is 146 Å². The van der Waals surface area contributed by atoms with Gasteiger partial charge in [0.1, 0.15) is 0 Å². The molecule has 0 heterocycles. The standard InChI is InChI=1S/C17H31Cl3O/c1-2-3-4-5-6-7-8-9-10-11-12-13-14-15-16(21)17(18,19)20/h2-15H2,1H3. The van der Waals surface area contributed by atoms with E-state index in [2.05, 4.69) is 6.92 Å². The lowest BCUT2D eigenvalue weighted by molar-refractivity contribution is -0.118. The zero-order valence-electron chi connectivity index (χ0n) is 13.4. The van der Waals surface area contributed by atoms with Crippen molar-refractivity contribution in [3.8, 4) is 0 Å². The van der Waals surface area contributed by atoms with E-state index >= 15 is 0 Å². The van der Waals surface area contributed by atoms with E-state index in [1.54, 1.807) is 0 Å². The molecule has 0 aliphatic carbocycles. The van der Waals surface area contributed by atoms with Crippen LogP contribution in [0.2, 0.25) is 0 Å². The van der Waals surface area contributed by atoms with Crippen molar-refractivity contribution >= 4 is 40.6 Å². The fourth-order valence-corrected chi connectivity index (χ4v) is 2.73. The molecule has 0 spiro atoms. The molecule has 126 valence electrons. The van der Waals surface area contributed by atoms with Crippen molar-refractivity contribution in [2.45, 2.75) is 101 Å². The average Bonchev–Trinajstić information content (AvgIpc) is 2.42. The molecule has 0 N–H and O–H groups in total. The van der Waals surface area contributed by atoms with Crippen LogP contribution in [0, 0.1) is 0 Å². The Kier molecular flexibility index (Phi) is 14.5. The zero-order chi connectivity index (χ0) is 16.0. The van der Waals surface area contributed by atoms with Gasteiger partial charge in [0.15, 0.2) is 5.78 Å². The van der Waals surface area contributed by atoms with E-state index < -0.39 is 3.79 Å². The number of hydrogen-bond donors (Lipinski definition) is 0. The highest BCUT2D eigenvalue weighted by molar-refractivity contribution is 6.76. The fourth-order valence-electron chi connectivity index (χ4n) is 2.45. The summed E-state index contributed by atoms with van der Waals surface area (Å²) >= 11 is 16.5. The second-order valence-electron chi connectivity index (χ2n) is 5.91. The Morgan fingerprint density at radius 1 is 0.667 bits per heavy atom. The molecule has 0 atom stereocenters. The average molecular weight is 358 g/mol. The summed E-state index contributed by atoms with van der Waals surface area (Å²) in [5.74, 6) is -0.282. The van der Waals surface area contributed by atoms with Gasteiger partial charge in [0.05, 0.1) is 0 Å². The molecule has 4 heteroatoms. The summed E-state index contributed by atoms with van der Waals surface area (Å²) in [6, 6.07) is 0. The second-order valence-corrected chi connectivity index (χ2v) is 8.19. The minimum atomic E-state index is -1.73. The molecular formula is C17H31Cl3O. The van der Waals surface area contributed by atoms with E-state index in [0.29, 0.717) is 6.42 Å². The van der Waals surface area contributed by atoms with E-state index in [0.717, 1.165) is 12.8 Å². The van der Waals surface area contributed by atoms with Crippen LogP contribution in [-0.2, 0) is 4.79 Å². The molecule has 0 unspecified atom stereocenters. The summed E-state index contributed by atoms with van der Waals surface area (Å²) in [4.78, 5) is 11.4. The van der Waals surface area contributed by atoms with Crippen LogP contribution in [0.3, 0.4) is 0 Å². The molecule has 21 heavy (non-hydrogen) atoms. The van der Waals surface area contributed by atoms with Crippen LogP contribution in [0.5, 0.6) is 0 Å². The van der Waals surface area contributed by atoms with E-state index in [4.69, 9.17) is 34.8 Å². The third-order valence-electron chi connectivity index (χ3n) is 3.82. The van der Waals surface area contributed by atoms with Gasteiger partial charge in [-0.05, 0) is 6.42 Å². The van der Waals surface area contributed by atoms with E-state index in [1.165, 1.54) is 70.6 Å². The number of ketones is 1. The Balaban J connectivity index is 3.14. The van der Waals surface area contributed by atoms with Crippen molar-refractivity contribution in [2.24, 2.45) is 0 Å². The van der Waals surface area contributed by atoms with Gasteiger partial charge in [-0.1, -0.05) is 119 Å². The molecule has 0 saturated carbocycles. The van der Waals surface area contributed by atoms with Gasteiger partial charge in [-0.15, -0.1) is 0 Å². The van der Waals surface area contributed by atoms with Gasteiger partial charge in [-0.2, -0.15) is 0 Å². The van der Waals surface area contributed by atoms with Crippen molar-refractivity contribution in [2.75, 3.05) is 0 Å². The predicted octanol–water partition coefficient (Wildman–Crippen LogP) is 7.41. The predicted molar refractivity (Wildman–Crippen MR) is 95.6 cm³/mol. The molecule has 0 aliphatic rings. The molecule has 0 radical (unpaired) electrons. The maximum atomic E-state index is 11.4. The lowest BCUT2D eigenvalue weighted by Crippen LogP contribution is -2.18. The maximum absolute atomic E-state index is 11.4. The summed E-state index contributed by atoms with van der Waals surface area (Å²) in [5.41, 5.74) is 0. The summed E-state index contributed by atoms with van der Waals surface area (Å²) in [7, 11) is 0. The molecule has 0 fully saturated rings. The SMILES string of the molecule is CCCCCCCCCCCCCCCC(=O)C(Cl)(Cl)Cl. The highest BCUT2D eigenvalue weighted by atomic mass is 35.6.